The summed E-state index contributed by atoms with van der Waals surface area (Å²) in [5, 5.41) is 12.7. The maximum Gasteiger partial charge on any atom is 0.337 e. The maximum absolute atomic E-state index is 12.5. The molecule has 0 atom stereocenters. The smallest absolute Gasteiger partial charge is 0.337 e. The lowest BCUT2D eigenvalue weighted by atomic mass is 10.1. The summed E-state index contributed by atoms with van der Waals surface area (Å²) in [4.78, 5) is 28.3. The molecule has 0 spiro atoms. The van der Waals surface area contributed by atoms with E-state index in [-0.39, 0.29) is 16.9 Å². The van der Waals surface area contributed by atoms with Crippen LogP contribution in [0.1, 0.15) is 26.4 Å². The van der Waals surface area contributed by atoms with Gasteiger partial charge in [-0.05, 0) is 35.9 Å². The van der Waals surface area contributed by atoms with Gasteiger partial charge in [0.05, 0.1) is 16.3 Å². The average Bonchev–Trinajstić information content (AvgIpc) is 2.68. The first-order valence-corrected chi connectivity index (χ1v) is 9.79. The Morgan fingerprint density at radius 1 is 1.04 bits per heavy atom. The lowest BCUT2D eigenvalue weighted by Crippen LogP contribution is -2.16. The first kappa shape index (κ1) is 19.1. The molecule has 3 aromatic rings. The topological polar surface area (TPSA) is 79.3 Å². The van der Waals surface area contributed by atoms with Crippen LogP contribution in [0.4, 0.5) is 5.69 Å². The number of pyridine rings is 1. The van der Waals surface area contributed by atoms with Crippen LogP contribution in [-0.4, -0.2) is 22.0 Å². The molecule has 3 rings (SSSR count). The summed E-state index contributed by atoms with van der Waals surface area (Å²) >= 11 is 4.76. The minimum absolute atomic E-state index is 0.00679. The highest BCUT2D eigenvalue weighted by Gasteiger charge is 2.15. The number of halogens is 1. The van der Waals surface area contributed by atoms with Gasteiger partial charge >= 0.3 is 5.97 Å². The standard InChI is InChI=1S/C20H15BrN2O3S/c21-14-9-10-16(15(11-14)20(25)26)23-19(24)17-7-4-8-18(22-17)27-12-13-5-2-1-3-6-13/h1-11H,12H2,(H,23,24)(H,25,26). The van der Waals surface area contributed by atoms with Gasteiger partial charge in [-0.2, -0.15) is 0 Å². The Kier molecular flexibility index (Phi) is 6.26. The van der Waals surface area contributed by atoms with Gasteiger partial charge < -0.3 is 10.4 Å². The summed E-state index contributed by atoms with van der Waals surface area (Å²) in [5.41, 5.74) is 1.62. The van der Waals surface area contributed by atoms with E-state index in [9.17, 15) is 14.7 Å². The Morgan fingerprint density at radius 2 is 1.81 bits per heavy atom. The third kappa shape index (κ3) is 5.18. The van der Waals surface area contributed by atoms with Crippen molar-refractivity contribution in [3.63, 3.8) is 0 Å². The van der Waals surface area contributed by atoms with Gasteiger partial charge in [0.2, 0.25) is 0 Å². The Bertz CT molecular complexity index is 980. The van der Waals surface area contributed by atoms with E-state index in [0.717, 1.165) is 10.8 Å². The number of hydrogen-bond donors (Lipinski definition) is 2. The molecule has 0 aliphatic carbocycles. The minimum atomic E-state index is -1.12. The molecule has 136 valence electrons. The molecule has 0 saturated heterocycles. The van der Waals surface area contributed by atoms with E-state index >= 15 is 0 Å². The molecule has 0 fully saturated rings. The molecule has 0 bridgehead atoms. The summed E-state index contributed by atoms with van der Waals surface area (Å²) in [7, 11) is 0. The van der Waals surface area contributed by atoms with E-state index < -0.39 is 11.9 Å². The van der Waals surface area contributed by atoms with Gasteiger partial charge in [0, 0.05) is 10.2 Å². The van der Waals surface area contributed by atoms with Crippen LogP contribution in [0.3, 0.4) is 0 Å². The van der Waals surface area contributed by atoms with Crippen LogP contribution < -0.4 is 5.32 Å². The molecule has 2 N–H and O–H groups in total. The van der Waals surface area contributed by atoms with E-state index in [0.29, 0.717) is 4.47 Å². The Morgan fingerprint density at radius 3 is 2.56 bits per heavy atom. The molecular weight excluding hydrogens is 428 g/mol. The average molecular weight is 443 g/mol. The largest absolute Gasteiger partial charge is 0.478 e. The highest BCUT2D eigenvalue weighted by Crippen LogP contribution is 2.23. The van der Waals surface area contributed by atoms with Crippen LogP contribution >= 0.6 is 27.7 Å². The van der Waals surface area contributed by atoms with Crippen LogP contribution in [0, 0.1) is 0 Å². The number of nitrogens with zero attached hydrogens (tertiary/aromatic N) is 1. The molecule has 1 amide bonds. The van der Waals surface area contributed by atoms with E-state index in [1.54, 1.807) is 24.3 Å². The van der Waals surface area contributed by atoms with Crippen molar-refractivity contribution >= 4 is 45.3 Å². The number of anilines is 1. The van der Waals surface area contributed by atoms with Crippen molar-refractivity contribution in [1.29, 1.82) is 0 Å². The number of carboxylic acids is 1. The number of carboxylic acid groups (broad SMARTS) is 1. The van der Waals surface area contributed by atoms with Crippen molar-refractivity contribution < 1.29 is 14.7 Å². The summed E-state index contributed by atoms with van der Waals surface area (Å²) in [5.74, 6) is -0.830. The number of carbonyl (C=O) groups excluding carboxylic acids is 1. The van der Waals surface area contributed by atoms with Crippen molar-refractivity contribution in [3.8, 4) is 0 Å². The highest BCUT2D eigenvalue weighted by molar-refractivity contribution is 9.10. The second kappa shape index (κ2) is 8.83. The molecule has 1 aromatic heterocycles. The zero-order valence-corrected chi connectivity index (χ0v) is 16.5. The Balaban J connectivity index is 1.73. The van der Waals surface area contributed by atoms with Gasteiger partial charge in [0.15, 0.2) is 0 Å². The van der Waals surface area contributed by atoms with Gasteiger partial charge in [-0.15, -0.1) is 11.8 Å². The second-order valence-corrected chi connectivity index (χ2v) is 7.50. The van der Waals surface area contributed by atoms with Crippen LogP contribution in [-0.2, 0) is 5.75 Å². The second-order valence-electron chi connectivity index (χ2n) is 5.58. The zero-order chi connectivity index (χ0) is 19.2. The third-order valence-electron chi connectivity index (χ3n) is 3.65. The minimum Gasteiger partial charge on any atom is -0.478 e. The maximum atomic E-state index is 12.5. The number of nitrogens with one attached hydrogen (secondary N) is 1. The molecule has 5 nitrogen and oxygen atoms in total. The van der Waals surface area contributed by atoms with Crippen molar-refractivity contribution in [2.45, 2.75) is 10.8 Å². The SMILES string of the molecule is O=C(Nc1ccc(Br)cc1C(=O)O)c1cccc(SCc2ccccc2)n1. The van der Waals surface area contributed by atoms with E-state index in [1.807, 2.05) is 36.4 Å². The van der Waals surface area contributed by atoms with Gasteiger partial charge in [0.25, 0.3) is 5.91 Å². The van der Waals surface area contributed by atoms with Crippen LogP contribution in [0.25, 0.3) is 0 Å². The molecule has 0 aliphatic heterocycles. The van der Waals surface area contributed by atoms with Crippen LogP contribution in [0.5, 0.6) is 0 Å². The predicted octanol–water partition coefficient (Wildman–Crippen LogP) is 5.09. The van der Waals surface area contributed by atoms with Crippen LogP contribution in [0.15, 0.2) is 76.2 Å². The number of aromatic carboxylic acids is 1. The molecule has 0 aliphatic rings. The zero-order valence-electron chi connectivity index (χ0n) is 14.1. The molecule has 1 heterocycles. The highest BCUT2D eigenvalue weighted by atomic mass is 79.9. The number of rotatable bonds is 6. The molecule has 2 aromatic carbocycles. The number of hydrogen-bond acceptors (Lipinski definition) is 4. The van der Waals surface area contributed by atoms with Gasteiger partial charge in [-0.25, -0.2) is 9.78 Å². The van der Waals surface area contributed by atoms with Crippen molar-refractivity contribution in [3.05, 3.63) is 88.0 Å². The van der Waals surface area contributed by atoms with Gasteiger partial charge in [-0.3, -0.25) is 4.79 Å². The lowest BCUT2D eigenvalue weighted by Gasteiger charge is -2.09. The Hall–Kier alpha value is -2.64. The van der Waals surface area contributed by atoms with Crippen molar-refractivity contribution in [2.24, 2.45) is 0 Å². The molecule has 0 radical (unpaired) electrons. The Labute approximate surface area is 169 Å². The monoisotopic (exact) mass is 442 g/mol. The predicted molar refractivity (Wildman–Crippen MR) is 109 cm³/mol. The summed E-state index contributed by atoms with van der Waals surface area (Å²) in [6, 6.07) is 19.8. The fourth-order valence-electron chi connectivity index (χ4n) is 2.34. The first-order chi connectivity index (χ1) is 13.0. The lowest BCUT2D eigenvalue weighted by molar-refractivity contribution is 0.0698. The fraction of sp³-hybridized carbons (Fsp3) is 0.0500. The fourth-order valence-corrected chi connectivity index (χ4v) is 3.55. The number of benzene rings is 2. The normalized spacial score (nSPS) is 10.4. The molecule has 27 heavy (non-hydrogen) atoms. The first-order valence-electron chi connectivity index (χ1n) is 8.01. The summed E-state index contributed by atoms with van der Waals surface area (Å²) < 4.78 is 0.621. The number of amides is 1. The van der Waals surface area contributed by atoms with E-state index in [1.165, 1.54) is 23.4 Å². The molecular formula is C20H15BrN2O3S. The van der Waals surface area contributed by atoms with Gasteiger partial charge in [-0.1, -0.05) is 52.3 Å². The van der Waals surface area contributed by atoms with Crippen molar-refractivity contribution in [2.75, 3.05) is 5.32 Å². The summed E-state index contributed by atoms with van der Waals surface area (Å²) in [6.07, 6.45) is 0. The van der Waals surface area contributed by atoms with Crippen molar-refractivity contribution in [1.82, 2.24) is 4.98 Å². The molecule has 0 unspecified atom stereocenters. The molecule has 0 saturated carbocycles. The quantitative estimate of drug-likeness (QED) is 0.519. The van der Waals surface area contributed by atoms with E-state index in [4.69, 9.17) is 0 Å². The van der Waals surface area contributed by atoms with Gasteiger partial charge in [0.1, 0.15) is 5.69 Å². The number of thioether (sulfide) groups is 1. The third-order valence-corrected chi connectivity index (χ3v) is 5.14. The van der Waals surface area contributed by atoms with E-state index in [2.05, 4.69) is 26.2 Å². The summed E-state index contributed by atoms with van der Waals surface area (Å²) in [6.45, 7) is 0. The van der Waals surface area contributed by atoms with Crippen LogP contribution in [0.2, 0.25) is 0 Å². The number of carbonyl (C=O) groups is 2. The number of aromatic nitrogens is 1. The molecule has 7 heteroatoms.